The molecule has 1 N–H and O–H groups in total. The first-order valence-corrected chi connectivity index (χ1v) is 9.47. The second kappa shape index (κ2) is 7.18. The van der Waals surface area contributed by atoms with Crippen LogP contribution in [0.25, 0.3) is 16.2 Å². The maximum Gasteiger partial charge on any atom is 0.139 e. The van der Waals surface area contributed by atoms with Crippen molar-refractivity contribution in [2.24, 2.45) is 0 Å². The number of terminal acetylenes is 1. The summed E-state index contributed by atoms with van der Waals surface area (Å²) in [5, 5.41) is 5.55. The third kappa shape index (κ3) is 3.27. The number of rotatable bonds is 5. The second-order valence-electron chi connectivity index (χ2n) is 6.25. The van der Waals surface area contributed by atoms with Crippen molar-refractivity contribution >= 4 is 22.8 Å². The van der Waals surface area contributed by atoms with Crippen LogP contribution in [0.1, 0.15) is 16.7 Å². The monoisotopic (exact) mass is 373 g/mol. The van der Waals surface area contributed by atoms with Gasteiger partial charge in [0, 0.05) is 18.3 Å². The van der Waals surface area contributed by atoms with E-state index in [1.807, 2.05) is 29.8 Å². The molecule has 4 nitrogen and oxygen atoms in total. The van der Waals surface area contributed by atoms with Gasteiger partial charge in [0.1, 0.15) is 22.9 Å². The third-order valence-corrected chi connectivity index (χ3v) is 5.36. The highest BCUT2D eigenvalue weighted by Crippen LogP contribution is 2.35. The maximum atomic E-state index is 5.68. The number of anilines is 1. The van der Waals surface area contributed by atoms with E-state index in [4.69, 9.17) is 16.1 Å². The van der Waals surface area contributed by atoms with Crippen LogP contribution in [0.15, 0.2) is 54.0 Å². The number of thiophene rings is 1. The Morgan fingerprint density at radius 1 is 1.22 bits per heavy atom. The molecular weight excluding hydrogens is 354 g/mol. The normalized spacial score (nSPS) is 10.7. The molecule has 4 aromatic rings. The highest BCUT2D eigenvalue weighted by molar-refractivity contribution is 7.13. The molecule has 0 amide bonds. The summed E-state index contributed by atoms with van der Waals surface area (Å²) in [5.41, 5.74) is 4.99. The lowest BCUT2D eigenvalue weighted by molar-refractivity contribution is 0.414. The Hall–Kier alpha value is -3.23. The Morgan fingerprint density at radius 3 is 2.78 bits per heavy atom. The summed E-state index contributed by atoms with van der Waals surface area (Å²) in [4.78, 5) is 5.87. The van der Waals surface area contributed by atoms with Crippen LogP contribution < -0.4 is 10.1 Å². The molecule has 1 aromatic carbocycles. The topological polar surface area (TPSA) is 38.6 Å². The van der Waals surface area contributed by atoms with Crippen molar-refractivity contribution in [3.05, 3.63) is 70.7 Å². The van der Waals surface area contributed by atoms with Crippen molar-refractivity contribution in [2.75, 3.05) is 12.4 Å². The number of aryl methyl sites for hydroxylation is 1. The summed E-state index contributed by atoms with van der Waals surface area (Å²) in [5.74, 6) is 4.56. The molecule has 134 valence electrons. The van der Waals surface area contributed by atoms with Crippen LogP contribution in [0.4, 0.5) is 5.82 Å². The SMILES string of the molecule is C#Cc1ccsc1-c1nc2cc(C)ccn2c1NCc1ccc(OC)cc1. The Balaban J connectivity index is 1.75. The Morgan fingerprint density at radius 2 is 2.04 bits per heavy atom. The first kappa shape index (κ1) is 17.2. The van der Waals surface area contributed by atoms with E-state index in [9.17, 15) is 0 Å². The van der Waals surface area contributed by atoms with Crippen LogP contribution in [-0.4, -0.2) is 16.5 Å². The molecule has 0 aliphatic carbocycles. The van der Waals surface area contributed by atoms with E-state index in [1.165, 1.54) is 5.56 Å². The summed E-state index contributed by atoms with van der Waals surface area (Å²) < 4.78 is 7.31. The summed E-state index contributed by atoms with van der Waals surface area (Å²) in [7, 11) is 1.67. The molecule has 0 unspecified atom stereocenters. The summed E-state index contributed by atoms with van der Waals surface area (Å²) in [6.07, 6.45) is 7.73. The van der Waals surface area contributed by atoms with E-state index in [-0.39, 0.29) is 0 Å². The van der Waals surface area contributed by atoms with Crippen molar-refractivity contribution in [1.82, 2.24) is 9.38 Å². The predicted octanol–water partition coefficient (Wildman–Crippen LogP) is 4.97. The van der Waals surface area contributed by atoms with E-state index >= 15 is 0 Å². The molecule has 0 bridgehead atoms. The quantitative estimate of drug-likeness (QED) is 0.502. The number of hydrogen-bond acceptors (Lipinski definition) is 4. The Kier molecular flexibility index (Phi) is 4.57. The molecule has 0 saturated carbocycles. The van der Waals surface area contributed by atoms with Gasteiger partial charge >= 0.3 is 0 Å². The molecule has 0 saturated heterocycles. The van der Waals surface area contributed by atoms with Gasteiger partial charge in [-0.25, -0.2) is 4.98 Å². The van der Waals surface area contributed by atoms with E-state index in [2.05, 4.69) is 46.8 Å². The average molecular weight is 373 g/mol. The van der Waals surface area contributed by atoms with Crippen LogP contribution in [0.3, 0.4) is 0 Å². The van der Waals surface area contributed by atoms with Gasteiger partial charge in [0.15, 0.2) is 0 Å². The van der Waals surface area contributed by atoms with Gasteiger partial charge in [-0.2, -0.15) is 0 Å². The highest BCUT2D eigenvalue weighted by Gasteiger charge is 2.17. The van der Waals surface area contributed by atoms with Crippen molar-refractivity contribution < 1.29 is 4.74 Å². The molecule has 0 fully saturated rings. The van der Waals surface area contributed by atoms with Crippen molar-refractivity contribution in [3.63, 3.8) is 0 Å². The molecule has 27 heavy (non-hydrogen) atoms. The minimum absolute atomic E-state index is 0.676. The number of imidazole rings is 1. The van der Waals surface area contributed by atoms with Gasteiger partial charge in [-0.15, -0.1) is 17.8 Å². The summed E-state index contributed by atoms with van der Waals surface area (Å²) in [6, 6.07) is 14.1. The highest BCUT2D eigenvalue weighted by atomic mass is 32.1. The zero-order chi connectivity index (χ0) is 18.8. The molecule has 0 atom stereocenters. The van der Waals surface area contributed by atoms with Crippen molar-refractivity contribution in [3.8, 4) is 28.7 Å². The summed E-state index contributed by atoms with van der Waals surface area (Å²) in [6.45, 7) is 2.74. The van der Waals surface area contributed by atoms with E-state index < -0.39 is 0 Å². The van der Waals surface area contributed by atoms with Crippen molar-refractivity contribution in [1.29, 1.82) is 0 Å². The second-order valence-corrected chi connectivity index (χ2v) is 7.17. The standard InChI is InChI=1S/C22H19N3OS/c1-4-17-10-12-27-21(17)20-22(25-11-9-15(2)13-19(25)24-20)23-14-16-5-7-18(26-3)8-6-16/h1,5-13,23H,14H2,2-3H3. The lowest BCUT2D eigenvalue weighted by Crippen LogP contribution is -2.03. The van der Waals surface area contributed by atoms with Crippen LogP contribution in [-0.2, 0) is 6.54 Å². The van der Waals surface area contributed by atoms with Gasteiger partial charge in [-0.1, -0.05) is 18.1 Å². The number of fused-ring (bicyclic) bond motifs is 1. The lowest BCUT2D eigenvalue weighted by atomic mass is 10.2. The molecule has 5 heteroatoms. The smallest absolute Gasteiger partial charge is 0.139 e. The Bertz CT molecular complexity index is 1130. The van der Waals surface area contributed by atoms with Gasteiger partial charge in [-0.05, 0) is 53.8 Å². The fourth-order valence-corrected chi connectivity index (χ4v) is 3.86. The van der Waals surface area contributed by atoms with E-state index in [1.54, 1.807) is 18.4 Å². The number of methoxy groups -OCH3 is 1. The largest absolute Gasteiger partial charge is 0.497 e. The summed E-state index contributed by atoms with van der Waals surface area (Å²) >= 11 is 1.61. The fourth-order valence-electron chi connectivity index (χ4n) is 3.01. The molecule has 0 spiro atoms. The van der Waals surface area contributed by atoms with Gasteiger partial charge in [0.05, 0.1) is 12.0 Å². The van der Waals surface area contributed by atoms with Gasteiger partial charge < -0.3 is 10.1 Å². The van der Waals surface area contributed by atoms with Gasteiger partial charge in [0.2, 0.25) is 0 Å². The van der Waals surface area contributed by atoms with E-state index in [0.29, 0.717) is 6.54 Å². The fraction of sp³-hybridized carbons (Fsp3) is 0.136. The maximum absolute atomic E-state index is 5.68. The molecule has 3 aromatic heterocycles. The minimum Gasteiger partial charge on any atom is -0.497 e. The zero-order valence-electron chi connectivity index (χ0n) is 15.2. The first-order valence-electron chi connectivity index (χ1n) is 8.59. The third-order valence-electron chi connectivity index (χ3n) is 4.44. The Labute approximate surface area is 162 Å². The van der Waals surface area contributed by atoms with Gasteiger partial charge in [-0.3, -0.25) is 4.40 Å². The molecule has 0 radical (unpaired) electrons. The van der Waals surface area contributed by atoms with Crippen LogP contribution in [0.5, 0.6) is 5.75 Å². The molecule has 0 aliphatic rings. The van der Waals surface area contributed by atoms with Gasteiger partial charge in [0.25, 0.3) is 0 Å². The number of ether oxygens (including phenoxy) is 1. The minimum atomic E-state index is 0.676. The first-order chi connectivity index (χ1) is 13.2. The number of benzene rings is 1. The van der Waals surface area contributed by atoms with E-state index in [0.717, 1.165) is 38.9 Å². The van der Waals surface area contributed by atoms with Crippen LogP contribution in [0.2, 0.25) is 0 Å². The predicted molar refractivity (Wildman–Crippen MR) is 111 cm³/mol. The molecule has 4 rings (SSSR count). The zero-order valence-corrected chi connectivity index (χ0v) is 16.0. The van der Waals surface area contributed by atoms with Crippen LogP contribution >= 0.6 is 11.3 Å². The number of nitrogens with one attached hydrogen (secondary N) is 1. The number of hydrogen-bond donors (Lipinski definition) is 1. The van der Waals surface area contributed by atoms with Crippen molar-refractivity contribution in [2.45, 2.75) is 13.5 Å². The lowest BCUT2D eigenvalue weighted by Gasteiger charge is -2.09. The molecular formula is C22H19N3OS. The molecule has 0 aliphatic heterocycles. The number of aromatic nitrogens is 2. The molecule has 3 heterocycles. The average Bonchev–Trinajstić information content (AvgIpc) is 3.30. The number of nitrogens with zero attached hydrogens (tertiary/aromatic N) is 2. The number of pyridine rings is 1. The van der Waals surface area contributed by atoms with Crippen LogP contribution in [0, 0.1) is 19.3 Å².